The summed E-state index contributed by atoms with van der Waals surface area (Å²) in [6.45, 7) is 8.56. The molecule has 1 fully saturated rings. The second-order valence-corrected chi connectivity index (χ2v) is 6.88. The summed E-state index contributed by atoms with van der Waals surface area (Å²) in [5.41, 5.74) is 1.38. The lowest BCUT2D eigenvalue weighted by atomic mass is 10.1. The topological polar surface area (TPSA) is 63.1 Å². The lowest BCUT2D eigenvalue weighted by Gasteiger charge is -2.18. The van der Waals surface area contributed by atoms with E-state index < -0.39 is 0 Å². The van der Waals surface area contributed by atoms with Crippen LogP contribution in [0.3, 0.4) is 0 Å². The number of carbonyl (C=O) groups is 1. The van der Waals surface area contributed by atoms with Crippen molar-refractivity contribution in [1.82, 2.24) is 25.0 Å². The van der Waals surface area contributed by atoms with Crippen LogP contribution in [0.2, 0.25) is 0 Å². The minimum atomic E-state index is -0.0524. The summed E-state index contributed by atoms with van der Waals surface area (Å²) in [6, 6.07) is 7.47. The molecule has 2 aromatic rings. The minimum absolute atomic E-state index is 0.0524. The highest BCUT2D eigenvalue weighted by Gasteiger charge is 2.23. The van der Waals surface area contributed by atoms with Gasteiger partial charge in [-0.05, 0) is 36.9 Å². The predicted molar refractivity (Wildman–Crippen MR) is 93.1 cm³/mol. The number of carbonyl (C=O) groups excluding carboxylic acids is 1. The van der Waals surface area contributed by atoms with E-state index in [1.165, 1.54) is 6.33 Å². The molecule has 2 heterocycles. The average Bonchev–Trinajstić information content (AvgIpc) is 3.24. The quantitative estimate of drug-likeness (QED) is 0.881. The standard InChI is InChI=1S/C18H25N5O/c1-14(2)10-22-8-7-15(11-22)9-20-18(24)16-5-3-4-6-17(16)23-13-19-12-21-23/h3-6,12-15H,7-11H2,1-2H3,(H,20,24)/t15-/m0/s1. The van der Waals surface area contributed by atoms with Crippen LogP contribution in [0.1, 0.15) is 30.6 Å². The number of rotatable bonds is 6. The molecule has 1 aromatic heterocycles. The molecule has 0 unspecified atom stereocenters. The normalized spacial score (nSPS) is 18.2. The Kier molecular flexibility index (Phi) is 5.25. The molecule has 6 nitrogen and oxygen atoms in total. The third-order valence-corrected chi connectivity index (χ3v) is 4.36. The molecule has 0 spiro atoms. The van der Waals surface area contributed by atoms with Crippen molar-refractivity contribution in [1.29, 1.82) is 0 Å². The van der Waals surface area contributed by atoms with E-state index in [0.29, 0.717) is 17.4 Å². The van der Waals surface area contributed by atoms with Gasteiger partial charge < -0.3 is 10.2 Å². The van der Waals surface area contributed by atoms with Gasteiger partial charge in [-0.2, -0.15) is 5.10 Å². The van der Waals surface area contributed by atoms with Gasteiger partial charge >= 0.3 is 0 Å². The maximum absolute atomic E-state index is 12.6. The average molecular weight is 327 g/mol. The highest BCUT2D eigenvalue weighted by molar-refractivity contribution is 5.97. The summed E-state index contributed by atoms with van der Waals surface area (Å²) < 4.78 is 1.62. The molecule has 24 heavy (non-hydrogen) atoms. The summed E-state index contributed by atoms with van der Waals surface area (Å²) in [6.07, 6.45) is 4.22. The summed E-state index contributed by atoms with van der Waals surface area (Å²) in [7, 11) is 0. The number of nitrogens with zero attached hydrogens (tertiary/aromatic N) is 4. The molecule has 128 valence electrons. The molecule has 6 heteroatoms. The number of benzene rings is 1. The maximum atomic E-state index is 12.6. The second kappa shape index (κ2) is 7.57. The zero-order valence-electron chi connectivity index (χ0n) is 14.4. The van der Waals surface area contributed by atoms with Gasteiger partial charge in [0.25, 0.3) is 5.91 Å². The number of likely N-dealkylation sites (tertiary alicyclic amines) is 1. The monoisotopic (exact) mass is 327 g/mol. The molecule has 1 amide bonds. The molecule has 1 aliphatic heterocycles. The largest absolute Gasteiger partial charge is 0.352 e. The van der Waals surface area contributed by atoms with Gasteiger partial charge in [-0.25, -0.2) is 9.67 Å². The first-order chi connectivity index (χ1) is 11.6. The van der Waals surface area contributed by atoms with Gasteiger partial charge in [0.2, 0.25) is 0 Å². The molecule has 1 aliphatic rings. The van der Waals surface area contributed by atoms with Crippen LogP contribution in [0.25, 0.3) is 5.69 Å². The Balaban J connectivity index is 1.59. The van der Waals surface area contributed by atoms with Gasteiger partial charge in [-0.1, -0.05) is 26.0 Å². The van der Waals surface area contributed by atoms with Crippen LogP contribution in [0.15, 0.2) is 36.9 Å². The first-order valence-corrected chi connectivity index (χ1v) is 8.58. The molecule has 0 saturated carbocycles. The van der Waals surface area contributed by atoms with E-state index in [1.54, 1.807) is 11.0 Å². The van der Waals surface area contributed by atoms with Gasteiger partial charge in [0.1, 0.15) is 12.7 Å². The van der Waals surface area contributed by atoms with Crippen LogP contribution < -0.4 is 5.32 Å². The van der Waals surface area contributed by atoms with Crippen molar-refractivity contribution in [2.24, 2.45) is 11.8 Å². The fourth-order valence-electron chi connectivity index (χ4n) is 3.29. The van der Waals surface area contributed by atoms with Crippen molar-refractivity contribution in [3.05, 3.63) is 42.5 Å². The Hall–Kier alpha value is -2.21. The number of hydrogen-bond donors (Lipinski definition) is 1. The van der Waals surface area contributed by atoms with Crippen LogP contribution in [0.5, 0.6) is 0 Å². The fourth-order valence-corrected chi connectivity index (χ4v) is 3.29. The molecule has 3 rings (SSSR count). The Morgan fingerprint density at radius 1 is 1.38 bits per heavy atom. The van der Waals surface area contributed by atoms with E-state index in [0.717, 1.165) is 38.3 Å². The second-order valence-electron chi connectivity index (χ2n) is 6.88. The molecule has 0 bridgehead atoms. The van der Waals surface area contributed by atoms with Gasteiger partial charge in [-0.3, -0.25) is 4.79 Å². The summed E-state index contributed by atoms with van der Waals surface area (Å²) in [5, 5.41) is 7.21. The van der Waals surface area contributed by atoms with E-state index in [2.05, 4.69) is 34.1 Å². The molecular formula is C18H25N5O. The molecule has 1 aromatic carbocycles. The third kappa shape index (κ3) is 4.00. The highest BCUT2D eigenvalue weighted by atomic mass is 16.1. The van der Waals surface area contributed by atoms with Crippen molar-refractivity contribution in [3.63, 3.8) is 0 Å². The number of para-hydroxylation sites is 1. The van der Waals surface area contributed by atoms with E-state index in [4.69, 9.17) is 0 Å². The van der Waals surface area contributed by atoms with Crippen LogP contribution in [-0.4, -0.2) is 51.8 Å². The lowest BCUT2D eigenvalue weighted by Crippen LogP contribution is -2.32. The van der Waals surface area contributed by atoms with E-state index in [-0.39, 0.29) is 5.91 Å². The number of hydrogen-bond acceptors (Lipinski definition) is 4. The Bertz CT molecular complexity index is 668. The first kappa shape index (κ1) is 16.6. The molecule has 1 saturated heterocycles. The van der Waals surface area contributed by atoms with Crippen LogP contribution in [-0.2, 0) is 0 Å². The van der Waals surface area contributed by atoms with Gasteiger partial charge in [-0.15, -0.1) is 0 Å². The van der Waals surface area contributed by atoms with Crippen molar-refractivity contribution in [3.8, 4) is 5.69 Å². The van der Waals surface area contributed by atoms with Gasteiger partial charge in [0.05, 0.1) is 11.3 Å². The molecule has 1 N–H and O–H groups in total. The van der Waals surface area contributed by atoms with E-state index >= 15 is 0 Å². The number of amides is 1. The van der Waals surface area contributed by atoms with Crippen LogP contribution >= 0.6 is 0 Å². The highest BCUT2D eigenvalue weighted by Crippen LogP contribution is 2.17. The van der Waals surface area contributed by atoms with Crippen LogP contribution in [0.4, 0.5) is 0 Å². The smallest absolute Gasteiger partial charge is 0.253 e. The lowest BCUT2D eigenvalue weighted by molar-refractivity contribution is 0.0947. The fraction of sp³-hybridized carbons (Fsp3) is 0.500. The zero-order valence-corrected chi connectivity index (χ0v) is 14.4. The maximum Gasteiger partial charge on any atom is 0.253 e. The van der Waals surface area contributed by atoms with Crippen molar-refractivity contribution >= 4 is 5.91 Å². The number of nitrogens with one attached hydrogen (secondary N) is 1. The predicted octanol–water partition coefficient (Wildman–Crippen LogP) is 1.97. The summed E-state index contributed by atoms with van der Waals surface area (Å²) in [5.74, 6) is 1.17. The van der Waals surface area contributed by atoms with Gasteiger partial charge in [0.15, 0.2) is 0 Å². The van der Waals surface area contributed by atoms with Gasteiger partial charge in [0, 0.05) is 19.6 Å². The molecule has 0 radical (unpaired) electrons. The SMILES string of the molecule is CC(C)CN1CC[C@@H](CNC(=O)c2ccccc2-n2cncn2)C1. The first-order valence-electron chi connectivity index (χ1n) is 8.58. The van der Waals surface area contributed by atoms with Crippen LogP contribution in [0, 0.1) is 11.8 Å². The molecule has 0 aliphatic carbocycles. The Morgan fingerprint density at radius 3 is 2.96 bits per heavy atom. The van der Waals surface area contributed by atoms with Crippen molar-refractivity contribution in [2.75, 3.05) is 26.2 Å². The Labute approximate surface area is 142 Å². The summed E-state index contributed by atoms with van der Waals surface area (Å²) in [4.78, 5) is 19.0. The van der Waals surface area contributed by atoms with E-state index in [9.17, 15) is 4.79 Å². The summed E-state index contributed by atoms with van der Waals surface area (Å²) >= 11 is 0. The number of aromatic nitrogens is 3. The minimum Gasteiger partial charge on any atom is -0.352 e. The Morgan fingerprint density at radius 2 is 2.21 bits per heavy atom. The molecule has 1 atom stereocenters. The van der Waals surface area contributed by atoms with Crippen molar-refractivity contribution in [2.45, 2.75) is 20.3 Å². The zero-order chi connectivity index (χ0) is 16.9. The van der Waals surface area contributed by atoms with Crippen molar-refractivity contribution < 1.29 is 4.79 Å². The van der Waals surface area contributed by atoms with E-state index in [1.807, 2.05) is 24.3 Å². The molecular weight excluding hydrogens is 302 g/mol. The third-order valence-electron chi connectivity index (χ3n) is 4.36.